The van der Waals surface area contributed by atoms with E-state index in [2.05, 4.69) is 25.1 Å². The van der Waals surface area contributed by atoms with E-state index in [1.165, 1.54) is 48.7 Å². The molecule has 2 amide bonds. The molecule has 8 nitrogen and oxygen atoms in total. The van der Waals surface area contributed by atoms with Crippen LogP contribution < -0.4 is 20.1 Å². The quantitative estimate of drug-likeness (QED) is 0.184. The van der Waals surface area contributed by atoms with Crippen LogP contribution in [0.2, 0.25) is 0 Å². The third-order valence-corrected chi connectivity index (χ3v) is 8.45. The number of rotatable bonds is 10. The van der Waals surface area contributed by atoms with Crippen molar-refractivity contribution in [2.75, 3.05) is 25.0 Å². The second-order valence-electron chi connectivity index (χ2n) is 11.8. The first-order valence-electron chi connectivity index (χ1n) is 15.5. The predicted octanol–water partition coefficient (Wildman–Crippen LogP) is 6.56. The van der Waals surface area contributed by atoms with E-state index in [9.17, 15) is 31.5 Å². The van der Waals surface area contributed by atoms with Gasteiger partial charge in [0.25, 0.3) is 5.91 Å². The van der Waals surface area contributed by atoms with Gasteiger partial charge in [-0.05, 0) is 72.9 Å². The summed E-state index contributed by atoms with van der Waals surface area (Å²) >= 11 is 0. The van der Waals surface area contributed by atoms with E-state index in [1.807, 2.05) is 0 Å². The number of piperazine rings is 1. The highest BCUT2D eigenvalue weighted by Crippen LogP contribution is 2.41. The molecule has 3 heterocycles. The van der Waals surface area contributed by atoms with Crippen LogP contribution in [0, 0.1) is 23.3 Å². The molecule has 256 valence electrons. The third-order valence-electron chi connectivity index (χ3n) is 8.45. The summed E-state index contributed by atoms with van der Waals surface area (Å²) in [6.07, 6.45) is -0.796. The molecule has 3 aromatic carbocycles. The Morgan fingerprint density at radius 3 is 2.41 bits per heavy atom. The molecule has 2 aliphatic rings. The Hall–Kier alpha value is -5.11. The van der Waals surface area contributed by atoms with E-state index in [1.54, 1.807) is 4.90 Å². The monoisotopic (exact) mass is 684 g/mol. The lowest BCUT2D eigenvalue weighted by Gasteiger charge is -2.36. The molecule has 14 heteroatoms. The zero-order valence-corrected chi connectivity index (χ0v) is 25.8. The lowest BCUT2D eigenvalue weighted by Crippen LogP contribution is -2.53. The lowest BCUT2D eigenvalue weighted by molar-refractivity contribution is -0.286. The van der Waals surface area contributed by atoms with Crippen LogP contribution >= 0.6 is 0 Å². The molecule has 0 aliphatic carbocycles. The molecule has 0 unspecified atom stereocenters. The van der Waals surface area contributed by atoms with Crippen molar-refractivity contribution in [2.24, 2.45) is 0 Å². The minimum Gasteiger partial charge on any atom is -0.395 e. The zero-order chi connectivity index (χ0) is 34.7. The van der Waals surface area contributed by atoms with Crippen molar-refractivity contribution in [1.82, 2.24) is 15.2 Å². The molecule has 0 saturated carbocycles. The van der Waals surface area contributed by atoms with Crippen molar-refractivity contribution in [3.63, 3.8) is 0 Å². The number of pyridine rings is 1. The number of aromatic nitrogens is 1. The molecule has 0 bridgehead atoms. The second-order valence-corrected chi connectivity index (χ2v) is 11.8. The highest BCUT2D eigenvalue weighted by molar-refractivity contribution is 5.95. The van der Waals surface area contributed by atoms with Crippen molar-refractivity contribution in [3.05, 3.63) is 119 Å². The number of nitrogens with one attached hydrogen (secondary N) is 2. The second kappa shape index (κ2) is 14.2. The number of fused-ring (bicyclic) bond motifs is 1. The number of alkyl halides is 2. The summed E-state index contributed by atoms with van der Waals surface area (Å²) in [6, 6.07) is 11.6. The highest BCUT2D eigenvalue weighted by atomic mass is 19.3. The number of halogens is 6. The number of carbonyl (C=O) groups is 2. The summed E-state index contributed by atoms with van der Waals surface area (Å²) in [5, 5.41) is 5.90. The van der Waals surface area contributed by atoms with Crippen LogP contribution in [-0.2, 0) is 11.2 Å². The zero-order valence-electron chi connectivity index (χ0n) is 25.8. The first-order chi connectivity index (χ1) is 23.5. The number of hydrogen-bond acceptors (Lipinski definition) is 6. The van der Waals surface area contributed by atoms with E-state index in [-0.39, 0.29) is 58.7 Å². The Kier molecular flexibility index (Phi) is 9.77. The van der Waals surface area contributed by atoms with Gasteiger partial charge in [0.1, 0.15) is 23.3 Å². The number of carbonyl (C=O) groups excluding carboxylic acids is 2. The molecule has 4 aromatic rings. The third kappa shape index (κ3) is 7.96. The van der Waals surface area contributed by atoms with Gasteiger partial charge in [-0.15, -0.1) is 8.78 Å². The SMILES string of the molecule is O=C(C[C@@H](c1ccc(F)cc1)c1cc(F)cc(F)c1)Nc1cncc(F)c1CCC[C@H]1CNCCN1C(=O)c1ccc2c(c1)OC(F)(F)O2. The molecule has 0 spiro atoms. The fourth-order valence-electron chi connectivity index (χ4n) is 6.16. The molecular weight excluding hydrogens is 654 g/mol. The smallest absolute Gasteiger partial charge is 0.395 e. The Morgan fingerprint density at radius 1 is 0.918 bits per heavy atom. The van der Waals surface area contributed by atoms with Crippen LogP contribution in [0.5, 0.6) is 11.5 Å². The standard InChI is InChI=1S/C35H30F6N4O4/c36-23-7-4-20(5-8-23)28(22-12-24(37)15-25(38)13-22)16-33(46)44-30-19-43-18-29(39)27(30)3-1-2-26-17-42-10-11-45(26)34(47)21-6-9-31-32(14-21)49-35(40,41)48-31/h4-9,12-15,18-19,26,28,42H,1-3,10-11,16-17H2,(H,44,46)/t26-,28-/m0/s1. The summed E-state index contributed by atoms with van der Waals surface area (Å²) < 4.78 is 92.9. The van der Waals surface area contributed by atoms with E-state index in [4.69, 9.17) is 0 Å². The number of hydrogen-bond donors (Lipinski definition) is 2. The molecule has 6 rings (SSSR count). The van der Waals surface area contributed by atoms with Crippen LogP contribution in [0.1, 0.15) is 52.2 Å². The first kappa shape index (κ1) is 33.8. The molecular formula is C35H30F6N4O4. The minimum atomic E-state index is -3.81. The van der Waals surface area contributed by atoms with Crippen LogP contribution in [0.4, 0.5) is 32.0 Å². The fourth-order valence-corrected chi connectivity index (χ4v) is 6.16. The molecule has 1 fully saturated rings. The number of ether oxygens (including phenoxy) is 2. The fraction of sp³-hybridized carbons (Fsp3) is 0.286. The van der Waals surface area contributed by atoms with Gasteiger partial charge in [0.15, 0.2) is 11.5 Å². The molecule has 0 radical (unpaired) electrons. The number of nitrogens with zero attached hydrogens (tertiary/aromatic N) is 2. The van der Waals surface area contributed by atoms with E-state index in [0.29, 0.717) is 44.1 Å². The van der Waals surface area contributed by atoms with Crippen LogP contribution in [-0.4, -0.2) is 53.7 Å². The summed E-state index contributed by atoms with van der Waals surface area (Å²) in [5.74, 6) is -5.10. The summed E-state index contributed by atoms with van der Waals surface area (Å²) in [6.45, 7) is 1.31. The number of anilines is 1. The van der Waals surface area contributed by atoms with Gasteiger partial charge in [0, 0.05) is 55.2 Å². The Balaban J connectivity index is 1.13. The molecule has 2 N–H and O–H groups in total. The van der Waals surface area contributed by atoms with Crippen LogP contribution in [0.15, 0.2) is 73.1 Å². The molecule has 49 heavy (non-hydrogen) atoms. The Morgan fingerprint density at radius 2 is 1.65 bits per heavy atom. The average Bonchev–Trinajstić information content (AvgIpc) is 3.38. The van der Waals surface area contributed by atoms with Crippen LogP contribution in [0.25, 0.3) is 0 Å². The van der Waals surface area contributed by atoms with Gasteiger partial charge in [-0.2, -0.15) is 0 Å². The van der Waals surface area contributed by atoms with Gasteiger partial charge in [-0.25, -0.2) is 17.6 Å². The minimum absolute atomic E-state index is 0.111. The predicted molar refractivity (Wildman–Crippen MR) is 165 cm³/mol. The van der Waals surface area contributed by atoms with Gasteiger partial charge in [0.05, 0.1) is 18.1 Å². The molecule has 1 saturated heterocycles. The largest absolute Gasteiger partial charge is 0.586 e. The van der Waals surface area contributed by atoms with Gasteiger partial charge in [0.2, 0.25) is 5.91 Å². The summed E-state index contributed by atoms with van der Waals surface area (Å²) in [7, 11) is 0. The van der Waals surface area contributed by atoms with Crippen molar-refractivity contribution in [3.8, 4) is 11.5 Å². The van der Waals surface area contributed by atoms with Crippen molar-refractivity contribution in [2.45, 2.75) is 43.9 Å². The van der Waals surface area contributed by atoms with Crippen molar-refractivity contribution < 1.29 is 45.4 Å². The number of benzene rings is 3. The lowest BCUT2D eigenvalue weighted by atomic mass is 9.88. The molecule has 1 aromatic heterocycles. The maximum atomic E-state index is 15.1. The van der Waals surface area contributed by atoms with Crippen molar-refractivity contribution >= 4 is 17.5 Å². The van der Waals surface area contributed by atoms with Crippen LogP contribution in [0.3, 0.4) is 0 Å². The maximum Gasteiger partial charge on any atom is 0.586 e. The normalized spacial score (nSPS) is 17.1. The Bertz CT molecular complexity index is 1840. The van der Waals surface area contributed by atoms with Gasteiger partial charge in [-0.3, -0.25) is 14.6 Å². The van der Waals surface area contributed by atoms with Gasteiger partial charge < -0.3 is 25.0 Å². The topological polar surface area (TPSA) is 92.8 Å². The van der Waals surface area contributed by atoms with Gasteiger partial charge >= 0.3 is 6.29 Å². The Labute approximate surface area is 277 Å². The maximum absolute atomic E-state index is 15.1. The molecule has 2 aliphatic heterocycles. The molecule has 2 atom stereocenters. The van der Waals surface area contributed by atoms with Crippen molar-refractivity contribution in [1.29, 1.82) is 0 Å². The highest BCUT2D eigenvalue weighted by Gasteiger charge is 2.44. The van der Waals surface area contributed by atoms with E-state index in [0.717, 1.165) is 18.3 Å². The first-order valence-corrected chi connectivity index (χ1v) is 15.5. The van der Waals surface area contributed by atoms with E-state index >= 15 is 4.39 Å². The number of amides is 2. The summed E-state index contributed by atoms with van der Waals surface area (Å²) in [5.41, 5.74) is 1.04. The van der Waals surface area contributed by atoms with E-state index < -0.39 is 41.4 Å². The average molecular weight is 685 g/mol. The van der Waals surface area contributed by atoms with Gasteiger partial charge in [-0.1, -0.05) is 12.1 Å². The summed E-state index contributed by atoms with van der Waals surface area (Å²) in [4.78, 5) is 32.2.